The maximum Gasteiger partial charge on any atom is 0.159 e. The van der Waals surface area contributed by atoms with Gasteiger partial charge in [-0.3, -0.25) is 0 Å². The van der Waals surface area contributed by atoms with E-state index in [1.807, 2.05) is 36.4 Å². The fourth-order valence-electron chi connectivity index (χ4n) is 8.53. The molecule has 0 saturated carbocycles. The molecule has 266 valence electrons. The van der Waals surface area contributed by atoms with Gasteiger partial charge in [-0.25, -0.2) is 9.98 Å². The minimum atomic E-state index is -0.381. The summed E-state index contributed by atoms with van der Waals surface area (Å²) in [5, 5.41) is 7.16. The lowest BCUT2D eigenvalue weighted by Crippen LogP contribution is -2.33. The molecule has 56 heavy (non-hydrogen) atoms. The summed E-state index contributed by atoms with van der Waals surface area (Å²) in [7, 11) is 0. The van der Waals surface area contributed by atoms with E-state index in [-0.39, 0.29) is 6.17 Å². The Hall–Kier alpha value is -7.24. The third-order valence-electron chi connectivity index (χ3n) is 11.2. The Kier molecular flexibility index (Phi) is 7.62. The SMILES string of the molecule is C1=C(c2ccccc2)CCc2oc3c(-n4c5ccccc5c5c(C6N=C(c7ccccc7)N=C(c7ccccc7)N6)cccc54)cc(-c4ccccc4)cc3c21. The highest BCUT2D eigenvalue weighted by Gasteiger charge is 2.27. The van der Waals surface area contributed by atoms with Crippen LogP contribution in [0.2, 0.25) is 0 Å². The number of aryl methyl sites for hydroxylation is 1. The third-order valence-corrected chi connectivity index (χ3v) is 11.2. The van der Waals surface area contributed by atoms with Gasteiger partial charge in [-0.1, -0.05) is 152 Å². The quantitative estimate of drug-likeness (QED) is 0.186. The minimum Gasteiger partial charge on any atom is -0.458 e. The summed E-state index contributed by atoms with van der Waals surface area (Å²) in [6.07, 6.45) is 3.76. The van der Waals surface area contributed by atoms with Crippen LogP contribution in [0.1, 0.15) is 46.2 Å². The first-order valence-electron chi connectivity index (χ1n) is 19.2. The molecule has 0 spiro atoms. The molecule has 11 rings (SSSR count). The van der Waals surface area contributed by atoms with Gasteiger partial charge in [0.2, 0.25) is 0 Å². The van der Waals surface area contributed by atoms with Crippen molar-refractivity contribution < 1.29 is 4.42 Å². The second kappa shape index (κ2) is 13.3. The standard InChI is InChI=1S/C51H36N4O/c1-5-16-33(17-6-1)37-28-29-46-41(30-37)42-31-38(34-18-7-2-8-19-34)32-45(48(42)56-46)55-43-26-14-13-24-39(43)47-40(25-15-27-44(47)55)51-53-49(35-20-9-3-10-21-35)52-50(54-51)36-22-11-4-12-23-36/h1-27,30-32,51H,28-29H2,(H,52,53,54). The summed E-state index contributed by atoms with van der Waals surface area (Å²) in [4.78, 5) is 10.4. The molecule has 1 aliphatic carbocycles. The lowest BCUT2D eigenvalue weighted by Gasteiger charge is -2.24. The van der Waals surface area contributed by atoms with Crippen molar-refractivity contribution in [2.24, 2.45) is 9.98 Å². The van der Waals surface area contributed by atoms with Gasteiger partial charge >= 0.3 is 0 Å². The van der Waals surface area contributed by atoms with Crippen LogP contribution in [0.4, 0.5) is 0 Å². The molecular formula is C51H36N4O. The van der Waals surface area contributed by atoms with Crippen LogP contribution in [-0.2, 0) is 6.42 Å². The van der Waals surface area contributed by atoms with E-state index < -0.39 is 0 Å². The van der Waals surface area contributed by atoms with E-state index >= 15 is 0 Å². The highest BCUT2D eigenvalue weighted by atomic mass is 16.3. The number of nitrogens with zero attached hydrogens (tertiary/aromatic N) is 3. The number of benzene rings is 7. The van der Waals surface area contributed by atoms with E-state index in [1.165, 1.54) is 16.7 Å². The van der Waals surface area contributed by atoms with Crippen molar-refractivity contribution in [3.8, 4) is 16.8 Å². The van der Waals surface area contributed by atoms with E-state index in [1.54, 1.807) is 0 Å². The Balaban J connectivity index is 1.15. The zero-order chi connectivity index (χ0) is 37.0. The summed E-state index contributed by atoms with van der Waals surface area (Å²) in [5.41, 5.74) is 13.3. The number of amidine groups is 2. The van der Waals surface area contributed by atoms with Crippen molar-refractivity contribution in [3.05, 3.63) is 210 Å². The van der Waals surface area contributed by atoms with Crippen LogP contribution in [0.5, 0.6) is 0 Å². The van der Waals surface area contributed by atoms with Crippen LogP contribution >= 0.6 is 0 Å². The number of fused-ring (bicyclic) bond motifs is 6. The molecule has 0 amide bonds. The first-order chi connectivity index (χ1) is 27.8. The maximum absolute atomic E-state index is 6.98. The van der Waals surface area contributed by atoms with Crippen molar-refractivity contribution in [2.45, 2.75) is 19.0 Å². The summed E-state index contributed by atoms with van der Waals surface area (Å²) in [6.45, 7) is 0. The van der Waals surface area contributed by atoms with Gasteiger partial charge in [0.15, 0.2) is 11.4 Å². The summed E-state index contributed by atoms with van der Waals surface area (Å²) in [5.74, 6) is 2.54. The lowest BCUT2D eigenvalue weighted by atomic mass is 9.91. The second-order valence-corrected chi connectivity index (χ2v) is 14.5. The Morgan fingerprint density at radius 3 is 1.95 bits per heavy atom. The molecule has 9 aromatic rings. The Morgan fingerprint density at radius 2 is 1.20 bits per heavy atom. The highest BCUT2D eigenvalue weighted by molar-refractivity contribution is 6.15. The second-order valence-electron chi connectivity index (χ2n) is 14.5. The molecule has 2 aliphatic rings. The average molecular weight is 721 g/mol. The molecule has 1 N–H and O–H groups in total. The lowest BCUT2D eigenvalue weighted by molar-refractivity contribution is 0.546. The van der Waals surface area contributed by atoms with Gasteiger partial charge in [-0.2, -0.15) is 0 Å². The zero-order valence-electron chi connectivity index (χ0n) is 30.6. The van der Waals surface area contributed by atoms with Gasteiger partial charge in [0, 0.05) is 44.8 Å². The molecule has 0 radical (unpaired) electrons. The number of rotatable bonds is 6. The molecule has 2 aromatic heterocycles. The molecular weight excluding hydrogens is 685 g/mol. The van der Waals surface area contributed by atoms with Gasteiger partial charge < -0.3 is 14.3 Å². The van der Waals surface area contributed by atoms with Gasteiger partial charge in [0.25, 0.3) is 0 Å². The Morgan fingerprint density at radius 1 is 0.554 bits per heavy atom. The first kappa shape index (κ1) is 32.2. The van der Waals surface area contributed by atoms with Crippen molar-refractivity contribution in [1.82, 2.24) is 9.88 Å². The molecule has 0 bridgehead atoms. The molecule has 5 nitrogen and oxygen atoms in total. The van der Waals surface area contributed by atoms with Crippen LogP contribution in [0.15, 0.2) is 190 Å². The van der Waals surface area contributed by atoms with Crippen LogP contribution in [0.25, 0.3) is 61.2 Å². The normalized spacial score (nSPS) is 15.3. The predicted octanol–water partition coefficient (Wildman–Crippen LogP) is 12.2. The number of allylic oxidation sites excluding steroid dienone is 1. The van der Waals surface area contributed by atoms with E-state index in [9.17, 15) is 0 Å². The summed E-state index contributed by atoms with van der Waals surface area (Å²) >= 11 is 0. The largest absolute Gasteiger partial charge is 0.458 e. The molecule has 5 heteroatoms. The maximum atomic E-state index is 6.98. The number of aliphatic imine (C=N–C) groups is 2. The molecule has 1 atom stereocenters. The fourth-order valence-corrected chi connectivity index (χ4v) is 8.53. The van der Waals surface area contributed by atoms with Crippen molar-refractivity contribution in [2.75, 3.05) is 0 Å². The minimum absolute atomic E-state index is 0.381. The van der Waals surface area contributed by atoms with Gasteiger partial charge in [-0.05, 0) is 59.0 Å². The third kappa shape index (κ3) is 5.39. The first-order valence-corrected chi connectivity index (χ1v) is 19.2. The highest BCUT2D eigenvalue weighted by Crippen LogP contribution is 2.44. The van der Waals surface area contributed by atoms with Crippen LogP contribution in [-0.4, -0.2) is 16.2 Å². The topological polar surface area (TPSA) is 54.8 Å². The van der Waals surface area contributed by atoms with Gasteiger partial charge in [-0.15, -0.1) is 0 Å². The van der Waals surface area contributed by atoms with Crippen molar-refractivity contribution in [1.29, 1.82) is 0 Å². The summed E-state index contributed by atoms with van der Waals surface area (Å²) in [6, 6.07) is 61.9. The Labute approximate surface area is 324 Å². The van der Waals surface area contributed by atoms with Crippen molar-refractivity contribution in [3.63, 3.8) is 0 Å². The van der Waals surface area contributed by atoms with Crippen LogP contribution < -0.4 is 5.32 Å². The van der Waals surface area contributed by atoms with Gasteiger partial charge in [0.05, 0.1) is 16.7 Å². The number of aromatic nitrogens is 1. The smallest absolute Gasteiger partial charge is 0.159 e. The van der Waals surface area contributed by atoms with Crippen LogP contribution in [0.3, 0.4) is 0 Å². The molecule has 1 unspecified atom stereocenters. The van der Waals surface area contributed by atoms with Gasteiger partial charge in [0.1, 0.15) is 17.8 Å². The monoisotopic (exact) mass is 720 g/mol. The van der Waals surface area contributed by atoms with E-state index in [4.69, 9.17) is 14.4 Å². The molecule has 3 heterocycles. The number of furan rings is 1. The fraction of sp³-hybridized carbons (Fsp3) is 0.0588. The number of para-hydroxylation sites is 1. The number of hydrogen-bond donors (Lipinski definition) is 1. The van der Waals surface area contributed by atoms with E-state index in [0.717, 1.165) is 90.7 Å². The van der Waals surface area contributed by atoms with E-state index in [2.05, 4.69) is 155 Å². The molecule has 7 aromatic carbocycles. The zero-order valence-corrected chi connectivity index (χ0v) is 30.6. The van der Waals surface area contributed by atoms with E-state index in [0.29, 0.717) is 5.84 Å². The predicted molar refractivity (Wildman–Crippen MR) is 230 cm³/mol. The molecule has 1 aliphatic heterocycles. The van der Waals surface area contributed by atoms with Crippen molar-refractivity contribution >= 4 is 56.1 Å². The van der Waals surface area contributed by atoms with Crippen LogP contribution in [0, 0.1) is 0 Å². The average Bonchev–Trinajstić information content (AvgIpc) is 3.83. The Bertz CT molecular complexity index is 3030. The number of hydrogen-bond acceptors (Lipinski definition) is 4. The number of nitrogens with one attached hydrogen (secondary N) is 1. The molecule has 0 fully saturated rings. The summed E-state index contributed by atoms with van der Waals surface area (Å²) < 4.78 is 9.38. The molecule has 0 saturated heterocycles.